The Morgan fingerprint density at radius 2 is 2.15 bits per heavy atom. The molecule has 0 atom stereocenters. The SMILES string of the molecule is CCSCCn1c(CNCCOC)cc2ccccc21. The number of aromatic nitrogens is 1. The van der Waals surface area contributed by atoms with Crippen LogP contribution in [0.5, 0.6) is 0 Å². The number of benzene rings is 1. The van der Waals surface area contributed by atoms with E-state index in [1.807, 2.05) is 11.8 Å². The van der Waals surface area contributed by atoms with Gasteiger partial charge in [-0.2, -0.15) is 11.8 Å². The topological polar surface area (TPSA) is 26.2 Å². The van der Waals surface area contributed by atoms with E-state index in [2.05, 4.69) is 47.1 Å². The summed E-state index contributed by atoms with van der Waals surface area (Å²) in [6.07, 6.45) is 0. The van der Waals surface area contributed by atoms with Gasteiger partial charge in [-0.3, -0.25) is 0 Å². The van der Waals surface area contributed by atoms with E-state index in [0.29, 0.717) is 0 Å². The van der Waals surface area contributed by atoms with Crippen LogP contribution < -0.4 is 5.32 Å². The Morgan fingerprint density at radius 1 is 1.30 bits per heavy atom. The second kappa shape index (κ2) is 8.35. The van der Waals surface area contributed by atoms with Gasteiger partial charge in [0.05, 0.1) is 6.61 Å². The molecule has 0 bridgehead atoms. The highest BCUT2D eigenvalue weighted by Crippen LogP contribution is 2.20. The number of ether oxygens (including phenoxy) is 1. The number of fused-ring (bicyclic) bond motifs is 1. The molecule has 0 fully saturated rings. The molecule has 2 aromatic rings. The molecule has 0 aliphatic carbocycles. The zero-order chi connectivity index (χ0) is 14.2. The number of methoxy groups -OCH3 is 1. The van der Waals surface area contributed by atoms with Gasteiger partial charge in [-0.1, -0.05) is 25.1 Å². The van der Waals surface area contributed by atoms with Gasteiger partial charge in [0.25, 0.3) is 0 Å². The Balaban J connectivity index is 2.11. The second-order valence-electron chi connectivity index (χ2n) is 4.71. The van der Waals surface area contributed by atoms with Crippen LogP contribution in [0.1, 0.15) is 12.6 Å². The fraction of sp³-hybridized carbons (Fsp3) is 0.500. The molecule has 110 valence electrons. The van der Waals surface area contributed by atoms with Crippen LogP contribution >= 0.6 is 11.8 Å². The lowest BCUT2D eigenvalue weighted by Gasteiger charge is -2.11. The lowest BCUT2D eigenvalue weighted by atomic mass is 10.2. The monoisotopic (exact) mass is 292 g/mol. The first-order chi connectivity index (χ1) is 9.86. The van der Waals surface area contributed by atoms with E-state index >= 15 is 0 Å². The van der Waals surface area contributed by atoms with Gasteiger partial charge >= 0.3 is 0 Å². The maximum atomic E-state index is 5.08. The van der Waals surface area contributed by atoms with Gasteiger partial charge in [0.2, 0.25) is 0 Å². The Labute approximate surface area is 125 Å². The maximum absolute atomic E-state index is 5.08. The third-order valence-electron chi connectivity index (χ3n) is 3.35. The van der Waals surface area contributed by atoms with E-state index in [4.69, 9.17) is 4.74 Å². The zero-order valence-corrected chi connectivity index (χ0v) is 13.2. The van der Waals surface area contributed by atoms with E-state index in [9.17, 15) is 0 Å². The molecule has 1 aromatic carbocycles. The molecule has 4 heteroatoms. The van der Waals surface area contributed by atoms with Crippen molar-refractivity contribution in [2.45, 2.75) is 20.0 Å². The Kier molecular flexibility index (Phi) is 6.43. The minimum absolute atomic E-state index is 0.756. The van der Waals surface area contributed by atoms with Crippen LogP contribution in [0.25, 0.3) is 10.9 Å². The molecule has 0 saturated carbocycles. The van der Waals surface area contributed by atoms with Gasteiger partial charge < -0.3 is 14.6 Å². The molecule has 2 rings (SSSR count). The molecule has 0 spiro atoms. The van der Waals surface area contributed by atoms with Crippen molar-refractivity contribution in [2.75, 3.05) is 31.8 Å². The van der Waals surface area contributed by atoms with Gasteiger partial charge in [0.1, 0.15) is 0 Å². The number of rotatable bonds is 9. The number of nitrogens with one attached hydrogen (secondary N) is 1. The molecular formula is C16H24N2OS. The molecular weight excluding hydrogens is 268 g/mol. The Morgan fingerprint density at radius 3 is 2.95 bits per heavy atom. The van der Waals surface area contributed by atoms with Crippen LogP contribution in [0.4, 0.5) is 0 Å². The quantitative estimate of drug-likeness (QED) is 0.719. The summed E-state index contributed by atoms with van der Waals surface area (Å²) in [5.74, 6) is 2.35. The highest BCUT2D eigenvalue weighted by atomic mass is 32.2. The van der Waals surface area contributed by atoms with Crippen LogP contribution in [0, 0.1) is 0 Å². The van der Waals surface area contributed by atoms with Crippen molar-refractivity contribution >= 4 is 22.7 Å². The molecule has 3 nitrogen and oxygen atoms in total. The highest BCUT2D eigenvalue weighted by Gasteiger charge is 2.07. The number of aryl methyl sites for hydroxylation is 1. The van der Waals surface area contributed by atoms with Gasteiger partial charge in [0.15, 0.2) is 0 Å². The van der Waals surface area contributed by atoms with Crippen LogP contribution in [0.2, 0.25) is 0 Å². The van der Waals surface area contributed by atoms with E-state index in [1.165, 1.54) is 28.1 Å². The molecule has 0 saturated heterocycles. The van der Waals surface area contributed by atoms with Crippen molar-refractivity contribution < 1.29 is 4.74 Å². The fourth-order valence-electron chi connectivity index (χ4n) is 2.37. The van der Waals surface area contributed by atoms with E-state index in [1.54, 1.807) is 7.11 Å². The largest absolute Gasteiger partial charge is 0.383 e. The second-order valence-corrected chi connectivity index (χ2v) is 6.11. The molecule has 0 amide bonds. The first kappa shape index (κ1) is 15.4. The number of hydrogen-bond acceptors (Lipinski definition) is 3. The summed E-state index contributed by atoms with van der Waals surface area (Å²) in [6, 6.07) is 10.9. The molecule has 1 aromatic heterocycles. The number of para-hydroxylation sites is 1. The average Bonchev–Trinajstić information content (AvgIpc) is 2.82. The lowest BCUT2D eigenvalue weighted by molar-refractivity contribution is 0.199. The summed E-state index contributed by atoms with van der Waals surface area (Å²) in [5.41, 5.74) is 2.70. The Bertz CT molecular complexity index is 524. The van der Waals surface area contributed by atoms with Crippen molar-refractivity contribution in [2.24, 2.45) is 0 Å². The summed E-state index contributed by atoms with van der Waals surface area (Å²) < 4.78 is 7.52. The molecule has 0 aliphatic heterocycles. The third kappa shape index (κ3) is 4.01. The number of thioether (sulfide) groups is 1. The van der Waals surface area contributed by atoms with Crippen LogP contribution in [0.3, 0.4) is 0 Å². The summed E-state index contributed by atoms with van der Waals surface area (Å²) in [5, 5.41) is 4.77. The molecule has 0 unspecified atom stereocenters. The van der Waals surface area contributed by atoms with Gasteiger partial charge in [-0.15, -0.1) is 0 Å². The van der Waals surface area contributed by atoms with Crippen molar-refractivity contribution in [1.82, 2.24) is 9.88 Å². The number of nitrogens with zero attached hydrogens (tertiary/aromatic N) is 1. The summed E-state index contributed by atoms with van der Waals surface area (Å²) in [4.78, 5) is 0. The Hall–Kier alpha value is -0.970. The van der Waals surface area contributed by atoms with Crippen molar-refractivity contribution in [3.8, 4) is 0 Å². The van der Waals surface area contributed by atoms with Crippen molar-refractivity contribution in [1.29, 1.82) is 0 Å². The molecule has 20 heavy (non-hydrogen) atoms. The predicted molar refractivity (Wildman–Crippen MR) is 88.5 cm³/mol. The van der Waals surface area contributed by atoms with Crippen LogP contribution in [0.15, 0.2) is 30.3 Å². The minimum atomic E-state index is 0.756. The van der Waals surface area contributed by atoms with Crippen molar-refractivity contribution in [3.63, 3.8) is 0 Å². The van der Waals surface area contributed by atoms with E-state index < -0.39 is 0 Å². The fourth-order valence-corrected chi connectivity index (χ4v) is 2.97. The summed E-state index contributed by atoms with van der Waals surface area (Å²) in [6.45, 7) is 5.83. The van der Waals surface area contributed by atoms with Crippen molar-refractivity contribution in [3.05, 3.63) is 36.0 Å². The van der Waals surface area contributed by atoms with Gasteiger partial charge in [0, 0.05) is 43.7 Å². The van der Waals surface area contributed by atoms with E-state index in [0.717, 1.165) is 26.2 Å². The van der Waals surface area contributed by atoms with E-state index in [-0.39, 0.29) is 0 Å². The normalized spacial score (nSPS) is 11.3. The number of hydrogen-bond donors (Lipinski definition) is 1. The molecule has 0 radical (unpaired) electrons. The smallest absolute Gasteiger partial charge is 0.0587 e. The maximum Gasteiger partial charge on any atom is 0.0587 e. The molecule has 1 heterocycles. The minimum Gasteiger partial charge on any atom is -0.383 e. The lowest BCUT2D eigenvalue weighted by Crippen LogP contribution is -2.20. The molecule has 0 aliphatic rings. The first-order valence-electron chi connectivity index (χ1n) is 7.21. The van der Waals surface area contributed by atoms with Crippen LogP contribution in [-0.2, 0) is 17.8 Å². The molecule has 1 N–H and O–H groups in total. The van der Waals surface area contributed by atoms with Gasteiger partial charge in [-0.25, -0.2) is 0 Å². The zero-order valence-electron chi connectivity index (χ0n) is 12.4. The summed E-state index contributed by atoms with van der Waals surface area (Å²) in [7, 11) is 1.74. The predicted octanol–water partition coefficient (Wildman–Crippen LogP) is 3.13. The standard InChI is InChI=1S/C16H24N2OS/c1-3-20-11-9-18-15(13-17-8-10-19-2)12-14-6-4-5-7-16(14)18/h4-7,12,17H,3,8-11,13H2,1-2H3. The highest BCUT2D eigenvalue weighted by molar-refractivity contribution is 7.99. The van der Waals surface area contributed by atoms with Gasteiger partial charge in [-0.05, 0) is 23.3 Å². The average molecular weight is 292 g/mol. The van der Waals surface area contributed by atoms with Crippen LogP contribution in [-0.4, -0.2) is 36.3 Å². The first-order valence-corrected chi connectivity index (χ1v) is 8.36. The third-order valence-corrected chi connectivity index (χ3v) is 4.23. The summed E-state index contributed by atoms with van der Waals surface area (Å²) >= 11 is 1.99.